The van der Waals surface area contributed by atoms with E-state index in [1.54, 1.807) is 0 Å². The molecule has 1 aromatic heterocycles. The third-order valence-electron chi connectivity index (χ3n) is 0.711. The van der Waals surface area contributed by atoms with Crippen LogP contribution in [0.3, 0.4) is 0 Å². The fourth-order valence-electron chi connectivity index (χ4n) is 0.436. The topological polar surface area (TPSA) is 9.23 Å². The summed E-state index contributed by atoms with van der Waals surface area (Å²) in [4.78, 5) is 0. The molecule has 1 aromatic rings. The molecule has 0 saturated heterocycles. The van der Waals surface area contributed by atoms with Crippen molar-refractivity contribution < 1.29 is 17.9 Å². The summed E-state index contributed by atoms with van der Waals surface area (Å²) >= 11 is 0.908. The number of hydrogen-bond donors (Lipinski definition) is 0. The Morgan fingerprint density at radius 3 is 2.50 bits per heavy atom. The van der Waals surface area contributed by atoms with Gasteiger partial charge in [0.25, 0.3) is 0 Å². The normalized spacial score (nSPS) is 11.5. The molecule has 0 aliphatic rings. The van der Waals surface area contributed by atoms with E-state index in [-0.39, 0.29) is 5.06 Å². The predicted octanol–water partition coefficient (Wildman–Crippen LogP) is 2.65. The van der Waals surface area contributed by atoms with Crippen LogP contribution in [0.4, 0.5) is 13.2 Å². The van der Waals surface area contributed by atoms with Gasteiger partial charge in [-0.1, -0.05) is 0 Å². The Morgan fingerprint density at radius 1 is 1.40 bits per heavy atom. The van der Waals surface area contributed by atoms with Crippen LogP contribution in [0.25, 0.3) is 0 Å². The van der Waals surface area contributed by atoms with E-state index in [4.69, 9.17) is 0 Å². The summed E-state index contributed by atoms with van der Waals surface area (Å²) in [5.74, 6) is 0. The van der Waals surface area contributed by atoms with Crippen LogP contribution >= 0.6 is 11.3 Å². The van der Waals surface area contributed by atoms with Crippen molar-refractivity contribution in [2.24, 2.45) is 0 Å². The van der Waals surface area contributed by atoms with Crippen LogP contribution in [0.2, 0.25) is 0 Å². The lowest BCUT2D eigenvalue weighted by Gasteiger charge is -2.04. The Hall–Kier alpha value is -0.710. The second-order valence-corrected chi connectivity index (χ2v) is 2.39. The number of ether oxygens (including phenoxy) is 1. The van der Waals surface area contributed by atoms with Crippen LogP contribution in [-0.2, 0) is 0 Å². The van der Waals surface area contributed by atoms with Gasteiger partial charge in [-0.25, -0.2) is 0 Å². The predicted molar refractivity (Wildman–Crippen MR) is 31.0 cm³/mol. The van der Waals surface area contributed by atoms with Crippen molar-refractivity contribution in [3.8, 4) is 5.06 Å². The molecule has 0 aromatic carbocycles. The van der Waals surface area contributed by atoms with E-state index in [1.165, 1.54) is 17.5 Å². The van der Waals surface area contributed by atoms with Crippen molar-refractivity contribution >= 4 is 11.3 Å². The Balaban J connectivity index is 2.57. The van der Waals surface area contributed by atoms with E-state index in [0.29, 0.717) is 0 Å². The molecule has 0 N–H and O–H groups in total. The maximum absolute atomic E-state index is 11.4. The Morgan fingerprint density at radius 2 is 2.10 bits per heavy atom. The average Bonchev–Trinajstić information content (AvgIpc) is 2.12. The zero-order valence-electron chi connectivity index (χ0n) is 4.68. The van der Waals surface area contributed by atoms with Crippen molar-refractivity contribution in [2.45, 2.75) is 6.36 Å². The number of alkyl halides is 3. The van der Waals surface area contributed by atoms with Crippen LogP contribution in [0, 0.1) is 0 Å². The monoisotopic (exact) mass is 168 g/mol. The molecule has 0 saturated carbocycles. The number of rotatable bonds is 1. The van der Waals surface area contributed by atoms with Crippen molar-refractivity contribution in [3.63, 3.8) is 0 Å². The zero-order valence-corrected chi connectivity index (χ0v) is 5.50. The maximum Gasteiger partial charge on any atom is 0.573 e. The summed E-state index contributed by atoms with van der Waals surface area (Å²) in [6.45, 7) is 0. The van der Waals surface area contributed by atoms with Crippen LogP contribution in [0.5, 0.6) is 5.06 Å². The molecule has 10 heavy (non-hydrogen) atoms. The third-order valence-corrected chi connectivity index (χ3v) is 1.46. The minimum atomic E-state index is -4.56. The van der Waals surface area contributed by atoms with Gasteiger partial charge in [0.1, 0.15) is 0 Å². The molecule has 0 atom stereocenters. The second-order valence-electron chi connectivity index (χ2n) is 1.48. The van der Waals surface area contributed by atoms with E-state index in [0.717, 1.165) is 11.3 Å². The minimum Gasteiger partial charge on any atom is -0.396 e. The average molecular weight is 168 g/mol. The fourth-order valence-corrected chi connectivity index (χ4v) is 1.03. The van der Waals surface area contributed by atoms with Gasteiger partial charge >= 0.3 is 6.36 Å². The molecule has 0 amide bonds. The molecule has 0 aliphatic heterocycles. The summed E-state index contributed by atoms with van der Waals surface area (Å²) in [5, 5.41) is 1.38. The second kappa shape index (κ2) is 2.49. The summed E-state index contributed by atoms with van der Waals surface area (Å²) in [7, 11) is 0. The van der Waals surface area contributed by atoms with Gasteiger partial charge in [0.2, 0.25) is 0 Å². The molecule has 1 nitrogen and oxygen atoms in total. The summed E-state index contributed by atoms with van der Waals surface area (Å²) < 4.78 is 37.8. The highest BCUT2D eigenvalue weighted by molar-refractivity contribution is 7.11. The van der Waals surface area contributed by atoms with Crippen LogP contribution in [0.15, 0.2) is 17.5 Å². The smallest absolute Gasteiger partial charge is 0.396 e. The van der Waals surface area contributed by atoms with E-state index >= 15 is 0 Å². The highest BCUT2D eigenvalue weighted by atomic mass is 32.1. The van der Waals surface area contributed by atoms with Crippen LogP contribution < -0.4 is 4.74 Å². The van der Waals surface area contributed by atoms with Gasteiger partial charge in [0.15, 0.2) is 5.06 Å². The quantitative estimate of drug-likeness (QED) is 0.626. The number of thiophene rings is 1. The molecule has 0 aliphatic carbocycles. The molecular weight excluding hydrogens is 165 g/mol. The Bertz CT molecular complexity index is 191. The molecule has 1 rings (SSSR count). The molecule has 0 unspecified atom stereocenters. The van der Waals surface area contributed by atoms with E-state index < -0.39 is 6.36 Å². The first-order chi connectivity index (χ1) is 4.58. The third kappa shape index (κ3) is 2.26. The lowest BCUT2D eigenvalue weighted by molar-refractivity contribution is -0.273. The molecule has 56 valence electrons. The highest BCUT2D eigenvalue weighted by Gasteiger charge is 2.31. The largest absolute Gasteiger partial charge is 0.573 e. The molecule has 0 spiro atoms. The summed E-state index contributed by atoms with van der Waals surface area (Å²) in [5.41, 5.74) is 0. The van der Waals surface area contributed by atoms with Crippen LogP contribution in [0.1, 0.15) is 0 Å². The SMILES string of the molecule is FC(F)(F)Oc1cccs1. The van der Waals surface area contributed by atoms with Gasteiger partial charge in [-0.3, -0.25) is 0 Å². The maximum atomic E-state index is 11.4. The van der Waals surface area contributed by atoms with Gasteiger partial charge in [0, 0.05) is 0 Å². The van der Waals surface area contributed by atoms with Gasteiger partial charge in [-0.05, 0) is 17.5 Å². The highest BCUT2D eigenvalue weighted by Crippen LogP contribution is 2.26. The number of hydrogen-bond acceptors (Lipinski definition) is 2. The van der Waals surface area contributed by atoms with Crippen molar-refractivity contribution in [1.29, 1.82) is 0 Å². The van der Waals surface area contributed by atoms with Gasteiger partial charge in [-0.15, -0.1) is 24.5 Å². The molecule has 1 heterocycles. The first-order valence-corrected chi connectivity index (χ1v) is 3.25. The van der Waals surface area contributed by atoms with Gasteiger partial charge in [0.05, 0.1) is 0 Å². The van der Waals surface area contributed by atoms with Gasteiger partial charge < -0.3 is 4.74 Å². The standard InChI is InChI=1S/C5H3F3OS/c6-5(7,8)9-4-2-1-3-10-4/h1-3H. The van der Waals surface area contributed by atoms with E-state index in [1.807, 2.05) is 0 Å². The van der Waals surface area contributed by atoms with Crippen molar-refractivity contribution in [2.75, 3.05) is 0 Å². The number of halogens is 3. The van der Waals surface area contributed by atoms with Crippen molar-refractivity contribution in [1.82, 2.24) is 0 Å². The molecular formula is C5H3F3OS. The lowest BCUT2D eigenvalue weighted by atomic mass is 10.7. The Kier molecular flexibility index (Phi) is 1.85. The molecule has 0 fully saturated rings. The van der Waals surface area contributed by atoms with Crippen molar-refractivity contribution in [3.05, 3.63) is 17.5 Å². The Labute approximate surface area is 59.0 Å². The first-order valence-electron chi connectivity index (χ1n) is 2.37. The van der Waals surface area contributed by atoms with Crippen LogP contribution in [-0.4, -0.2) is 6.36 Å². The molecule has 0 bridgehead atoms. The van der Waals surface area contributed by atoms with E-state index in [2.05, 4.69) is 4.74 Å². The summed E-state index contributed by atoms with van der Waals surface area (Å²) in [6, 6.07) is 2.75. The first kappa shape index (κ1) is 7.40. The fraction of sp³-hybridized carbons (Fsp3) is 0.200. The molecule has 5 heteroatoms. The van der Waals surface area contributed by atoms with Gasteiger partial charge in [-0.2, -0.15) is 0 Å². The van der Waals surface area contributed by atoms with E-state index in [9.17, 15) is 13.2 Å². The minimum absolute atomic E-state index is 0.132. The lowest BCUT2D eigenvalue weighted by Crippen LogP contribution is -2.16. The molecule has 0 radical (unpaired) electrons. The summed E-state index contributed by atoms with van der Waals surface area (Å²) in [6.07, 6.45) is -4.56. The zero-order chi connectivity index (χ0) is 7.61.